The average Bonchev–Trinajstić information content (AvgIpc) is 2.91. The first-order chi connectivity index (χ1) is 21.0. The minimum absolute atomic E-state index is 0.0546. The number of anilines is 2. The van der Waals surface area contributed by atoms with E-state index < -0.39 is 54.8 Å². The molecule has 1 aliphatic rings. The highest BCUT2D eigenvalue weighted by Crippen LogP contribution is 2.37. The molecule has 1 fully saturated rings. The van der Waals surface area contributed by atoms with Gasteiger partial charge in [0.2, 0.25) is 16.0 Å². The van der Waals surface area contributed by atoms with Gasteiger partial charge in [0.05, 0.1) is 22.4 Å². The number of hydrogen-bond acceptors (Lipinski definition) is 9. The number of aromatic nitrogens is 3. The molecule has 0 unspecified atom stereocenters. The lowest BCUT2D eigenvalue weighted by atomic mass is 9.98. The van der Waals surface area contributed by atoms with Crippen molar-refractivity contribution in [2.45, 2.75) is 43.4 Å². The van der Waals surface area contributed by atoms with Crippen molar-refractivity contribution in [3.8, 4) is 22.3 Å². The molecule has 11 nitrogen and oxygen atoms in total. The van der Waals surface area contributed by atoms with Crippen molar-refractivity contribution in [3.63, 3.8) is 0 Å². The van der Waals surface area contributed by atoms with Crippen LogP contribution in [0.15, 0.2) is 52.3 Å². The summed E-state index contributed by atoms with van der Waals surface area (Å²) in [5, 5.41) is 6.47. The van der Waals surface area contributed by atoms with Crippen molar-refractivity contribution in [2.75, 3.05) is 35.6 Å². The highest BCUT2D eigenvalue weighted by Gasteiger charge is 2.25. The van der Waals surface area contributed by atoms with Gasteiger partial charge in [-0.3, -0.25) is 14.1 Å². The minimum atomic E-state index is -3.91. The highest BCUT2D eigenvalue weighted by atomic mass is 32.2. The first-order valence-corrected chi connectivity index (χ1v) is 17.7. The lowest BCUT2D eigenvalue weighted by Gasteiger charge is -2.26. The molecular weight excluding hydrogens is 633 g/mol. The number of piperidine rings is 1. The molecule has 45 heavy (non-hydrogen) atoms. The number of alkyl halides is 1. The third kappa shape index (κ3) is 6.97. The Hall–Kier alpha value is -4.02. The van der Waals surface area contributed by atoms with E-state index in [9.17, 15) is 26.0 Å². The van der Waals surface area contributed by atoms with Crippen LogP contribution < -0.4 is 20.9 Å². The fraction of sp³-hybridized carbons (Fsp3) is 0.345. The second-order valence-electron chi connectivity index (χ2n) is 11.3. The smallest absolute Gasteiger partial charge is 0.260 e. The largest absolute Gasteiger partial charge is 0.350 e. The quantitative estimate of drug-likeness (QED) is 0.255. The van der Waals surface area contributed by atoms with Crippen LogP contribution in [0.2, 0.25) is 0 Å². The third-order valence-electron chi connectivity index (χ3n) is 7.26. The molecule has 4 aromatic rings. The van der Waals surface area contributed by atoms with Gasteiger partial charge in [0.1, 0.15) is 23.5 Å². The van der Waals surface area contributed by atoms with Crippen LogP contribution in [-0.2, 0) is 19.9 Å². The van der Waals surface area contributed by atoms with E-state index in [0.29, 0.717) is 11.9 Å². The van der Waals surface area contributed by atoms with Crippen molar-refractivity contribution in [2.24, 2.45) is 0 Å². The molecule has 0 radical (unpaired) electrons. The van der Waals surface area contributed by atoms with E-state index in [0.717, 1.165) is 42.8 Å². The molecule has 1 saturated heterocycles. The molecule has 0 bridgehead atoms. The summed E-state index contributed by atoms with van der Waals surface area (Å²) in [6.07, 6.45) is 2.44. The summed E-state index contributed by atoms with van der Waals surface area (Å²) in [6, 6.07) is 5.76. The Bertz CT molecular complexity index is 2070. The first-order valence-electron chi connectivity index (χ1n) is 13.9. The van der Waals surface area contributed by atoms with Crippen molar-refractivity contribution >= 4 is 42.5 Å². The van der Waals surface area contributed by atoms with Crippen molar-refractivity contribution in [1.29, 1.82) is 0 Å². The van der Waals surface area contributed by atoms with Gasteiger partial charge in [0.25, 0.3) is 5.56 Å². The Morgan fingerprint density at radius 2 is 1.69 bits per heavy atom. The van der Waals surface area contributed by atoms with E-state index in [1.54, 1.807) is 13.8 Å². The number of halogens is 3. The number of benzene rings is 2. The van der Waals surface area contributed by atoms with Crippen LogP contribution in [0.4, 0.5) is 24.8 Å². The van der Waals surface area contributed by atoms with Crippen LogP contribution in [0.5, 0.6) is 0 Å². The summed E-state index contributed by atoms with van der Waals surface area (Å²) in [7, 11) is -7.74. The fourth-order valence-electron chi connectivity index (χ4n) is 5.29. The van der Waals surface area contributed by atoms with Gasteiger partial charge >= 0.3 is 0 Å². The summed E-state index contributed by atoms with van der Waals surface area (Å²) >= 11 is 0. The molecule has 1 aliphatic heterocycles. The zero-order valence-electron chi connectivity index (χ0n) is 24.7. The van der Waals surface area contributed by atoms with Crippen molar-refractivity contribution < 1.29 is 30.0 Å². The molecule has 0 saturated carbocycles. The van der Waals surface area contributed by atoms with Gasteiger partial charge in [-0.1, -0.05) is 0 Å². The molecule has 2 aromatic heterocycles. The van der Waals surface area contributed by atoms with E-state index in [4.69, 9.17) is 0 Å². The van der Waals surface area contributed by atoms with E-state index in [1.165, 1.54) is 16.8 Å². The Kier molecular flexibility index (Phi) is 8.67. The highest BCUT2D eigenvalue weighted by molar-refractivity contribution is 7.92. The number of sulfonamides is 1. The van der Waals surface area contributed by atoms with E-state index in [1.807, 2.05) is 0 Å². The van der Waals surface area contributed by atoms with E-state index in [2.05, 4.69) is 25.3 Å². The SMILES string of the molecule is CC(C)n1c(=O)c(-c2cc(F)c(-c3cc(S(C)(=O)=O)ccc3NS(C)(=O)=O)c(F)c2)cc2cnc(N[C@@H]3CNC[C@@H](F)C3)nc21. The second kappa shape index (κ2) is 12.1. The van der Waals surface area contributed by atoms with E-state index >= 15 is 8.78 Å². The van der Waals surface area contributed by atoms with Gasteiger partial charge in [0, 0.05) is 60.6 Å². The van der Waals surface area contributed by atoms with Gasteiger partial charge < -0.3 is 10.6 Å². The second-order valence-corrected chi connectivity index (χ2v) is 15.1. The molecule has 0 spiro atoms. The summed E-state index contributed by atoms with van der Waals surface area (Å²) in [6.45, 7) is 4.26. The molecule has 3 N–H and O–H groups in total. The summed E-state index contributed by atoms with van der Waals surface area (Å²) in [4.78, 5) is 22.3. The lowest BCUT2D eigenvalue weighted by Crippen LogP contribution is -2.44. The van der Waals surface area contributed by atoms with Crippen LogP contribution in [0, 0.1) is 11.6 Å². The topological polar surface area (TPSA) is 152 Å². The molecule has 2 aromatic carbocycles. The van der Waals surface area contributed by atoms with Crippen molar-refractivity contribution in [3.05, 3.63) is 64.6 Å². The maximum atomic E-state index is 15.8. The van der Waals surface area contributed by atoms with Gasteiger partial charge in [-0.25, -0.2) is 35.0 Å². The predicted octanol–water partition coefficient (Wildman–Crippen LogP) is 3.87. The van der Waals surface area contributed by atoms with Gasteiger partial charge in [-0.05, 0) is 55.8 Å². The molecule has 0 amide bonds. The lowest BCUT2D eigenvalue weighted by molar-refractivity contribution is 0.254. The van der Waals surface area contributed by atoms with Gasteiger partial charge in [-0.2, -0.15) is 4.98 Å². The molecule has 16 heteroatoms. The van der Waals surface area contributed by atoms with Crippen LogP contribution in [0.25, 0.3) is 33.3 Å². The van der Waals surface area contributed by atoms with E-state index in [-0.39, 0.29) is 57.9 Å². The summed E-state index contributed by atoms with van der Waals surface area (Å²) < 4.78 is 97.2. The molecule has 240 valence electrons. The first kappa shape index (κ1) is 32.4. The van der Waals surface area contributed by atoms with Crippen LogP contribution in [0.1, 0.15) is 26.3 Å². The summed E-state index contributed by atoms with van der Waals surface area (Å²) in [5.74, 6) is -2.13. The zero-order valence-corrected chi connectivity index (χ0v) is 26.4. The molecule has 3 heterocycles. The Balaban J connectivity index is 1.63. The molecular formula is C29H31F3N6O5S2. The number of sulfone groups is 1. The zero-order chi connectivity index (χ0) is 32.8. The number of pyridine rings is 1. The standard InChI is InChI=1S/C29H31F3N6O5S2/c1-15(2)38-27-17(12-34-29(36-27)35-19-10-18(30)13-33-14-19)7-21(28(38)39)16-8-23(31)26(24(32)9-16)22-11-20(44(3,40)41)5-6-25(22)37-45(4,42)43/h5-9,11-12,15,18-19,33,37H,10,13-14H2,1-4H3,(H,34,35,36)/t18-,19-/m0/s1. The van der Waals surface area contributed by atoms with Gasteiger partial charge in [0.15, 0.2) is 9.84 Å². The van der Waals surface area contributed by atoms with Crippen molar-refractivity contribution in [1.82, 2.24) is 19.9 Å². The number of hydrogen-bond donors (Lipinski definition) is 3. The van der Waals surface area contributed by atoms with Gasteiger partial charge in [-0.15, -0.1) is 0 Å². The normalized spacial score (nSPS) is 17.5. The third-order valence-corrected chi connectivity index (χ3v) is 8.96. The number of fused-ring (bicyclic) bond motifs is 1. The average molecular weight is 665 g/mol. The van der Waals surface area contributed by atoms with Crippen LogP contribution >= 0.6 is 0 Å². The number of rotatable bonds is 8. The maximum Gasteiger partial charge on any atom is 0.260 e. The maximum absolute atomic E-state index is 15.8. The molecule has 2 atom stereocenters. The molecule has 5 rings (SSSR count). The van der Waals surface area contributed by atoms with Crippen LogP contribution in [0.3, 0.4) is 0 Å². The Labute approximate surface area is 257 Å². The number of nitrogens with zero attached hydrogens (tertiary/aromatic N) is 3. The fourth-order valence-corrected chi connectivity index (χ4v) is 6.52. The Morgan fingerprint density at radius 1 is 1.00 bits per heavy atom. The Morgan fingerprint density at radius 3 is 2.29 bits per heavy atom. The predicted molar refractivity (Wildman–Crippen MR) is 166 cm³/mol. The minimum Gasteiger partial charge on any atom is -0.350 e. The van der Waals surface area contributed by atoms with Crippen LogP contribution in [-0.4, -0.2) is 69.2 Å². The number of nitrogens with one attached hydrogen (secondary N) is 3. The molecule has 0 aliphatic carbocycles. The summed E-state index contributed by atoms with van der Waals surface area (Å²) in [5.41, 5.74) is -1.76. The monoisotopic (exact) mass is 664 g/mol.